The number of fused-ring (bicyclic) bond motifs is 1. The van der Waals surface area contributed by atoms with Crippen molar-refractivity contribution in [1.29, 1.82) is 0 Å². The number of carbonyl (C=O) groups is 1. The van der Waals surface area contributed by atoms with Gasteiger partial charge in [0, 0.05) is 19.0 Å². The van der Waals surface area contributed by atoms with E-state index in [1.807, 2.05) is 24.0 Å². The Balaban J connectivity index is 1.68. The van der Waals surface area contributed by atoms with Crippen LogP contribution in [0.5, 0.6) is 0 Å². The molecule has 0 aromatic heterocycles. The molecular formula is C16H21NO3. The molecular weight excluding hydrogens is 254 g/mol. The van der Waals surface area contributed by atoms with Crippen LogP contribution in [0.25, 0.3) is 0 Å². The largest absolute Gasteiger partial charge is 0.394 e. The van der Waals surface area contributed by atoms with Crippen LogP contribution in [-0.4, -0.2) is 47.8 Å². The second-order valence-corrected chi connectivity index (χ2v) is 5.87. The van der Waals surface area contributed by atoms with Crippen LogP contribution in [0.4, 0.5) is 0 Å². The summed E-state index contributed by atoms with van der Waals surface area (Å²) in [6.45, 7) is 3.05. The van der Waals surface area contributed by atoms with Crippen LogP contribution < -0.4 is 0 Å². The van der Waals surface area contributed by atoms with Gasteiger partial charge in [-0.05, 0) is 30.9 Å². The van der Waals surface area contributed by atoms with Crippen LogP contribution in [0.2, 0.25) is 0 Å². The summed E-state index contributed by atoms with van der Waals surface area (Å²) in [5, 5.41) is 9.25. The van der Waals surface area contributed by atoms with Crippen molar-refractivity contribution in [2.24, 2.45) is 5.92 Å². The number of hydrogen-bond acceptors (Lipinski definition) is 3. The third-order valence-corrected chi connectivity index (χ3v) is 4.24. The lowest BCUT2D eigenvalue weighted by atomic mass is 10.0. The van der Waals surface area contributed by atoms with E-state index in [2.05, 4.69) is 12.1 Å². The monoisotopic (exact) mass is 275 g/mol. The first-order chi connectivity index (χ1) is 9.67. The lowest BCUT2D eigenvalue weighted by molar-refractivity contribution is -0.150. The number of nitrogens with zero attached hydrogens (tertiary/aromatic N) is 1. The van der Waals surface area contributed by atoms with Crippen LogP contribution in [0.3, 0.4) is 0 Å². The molecule has 0 radical (unpaired) electrons. The first kappa shape index (κ1) is 13.6. The van der Waals surface area contributed by atoms with Crippen molar-refractivity contribution in [3.8, 4) is 0 Å². The van der Waals surface area contributed by atoms with E-state index in [4.69, 9.17) is 4.74 Å². The number of aliphatic hydroxyl groups excluding tert-OH is 1. The van der Waals surface area contributed by atoms with Crippen molar-refractivity contribution < 1.29 is 14.6 Å². The van der Waals surface area contributed by atoms with E-state index in [0.29, 0.717) is 13.1 Å². The summed E-state index contributed by atoms with van der Waals surface area (Å²) in [7, 11) is 0. The molecule has 1 aliphatic carbocycles. The number of morpholine rings is 1. The lowest BCUT2D eigenvalue weighted by Gasteiger charge is -2.37. The molecule has 1 heterocycles. The molecule has 0 bridgehead atoms. The van der Waals surface area contributed by atoms with Gasteiger partial charge in [-0.15, -0.1) is 0 Å². The fourth-order valence-electron chi connectivity index (χ4n) is 3.32. The maximum Gasteiger partial charge on any atom is 0.226 e. The Morgan fingerprint density at radius 3 is 2.55 bits per heavy atom. The Hall–Kier alpha value is -1.39. The fourth-order valence-corrected chi connectivity index (χ4v) is 3.32. The molecule has 1 saturated heterocycles. The normalized spacial score (nSPS) is 26.6. The van der Waals surface area contributed by atoms with Gasteiger partial charge < -0.3 is 14.7 Å². The molecule has 1 aromatic carbocycles. The summed E-state index contributed by atoms with van der Waals surface area (Å²) in [5.41, 5.74) is 2.59. The summed E-state index contributed by atoms with van der Waals surface area (Å²) in [5.74, 6) is 0.256. The molecule has 2 atom stereocenters. The van der Waals surface area contributed by atoms with E-state index >= 15 is 0 Å². The average Bonchev–Trinajstić information content (AvgIpc) is 2.89. The van der Waals surface area contributed by atoms with Crippen molar-refractivity contribution in [2.75, 3.05) is 19.7 Å². The number of carbonyl (C=O) groups excluding carboxylic acids is 1. The quantitative estimate of drug-likeness (QED) is 0.876. The van der Waals surface area contributed by atoms with Crippen LogP contribution in [0.1, 0.15) is 18.1 Å². The second kappa shape index (κ2) is 5.54. The van der Waals surface area contributed by atoms with Crippen molar-refractivity contribution in [3.63, 3.8) is 0 Å². The minimum atomic E-state index is -0.244. The Morgan fingerprint density at radius 2 is 1.95 bits per heavy atom. The molecule has 4 nitrogen and oxygen atoms in total. The van der Waals surface area contributed by atoms with Crippen molar-refractivity contribution in [2.45, 2.75) is 32.0 Å². The van der Waals surface area contributed by atoms with E-state index in [1.54, 1.807) is 0 Å². The van der Waals surface area contributed by atoms with E-state index < -0.39 is 0 Å². The molecule has 4 heteroatoms. The highest BCUT2D eigenvalue weighted by atomic mass is 16.5. The minimum absolute atomic E-state index is 0.00590. The zero-order valence-corrected chi connectivity index (χ0v) is 11.8. The molecule has 2 aliphatic rings. The zero-order valence-electron chi connectivity index (χ0n) is 11.8. The topological polar surface area (TPSA) is 49.8 Å². The Bertz CT molecular complexity index is 477. The molecule has 3 rings (SSSR count). The predicted molar refractivity (Wildman–Crippen MR) is 75.3 cm³/mol. The van der Waals surface area contributed by atoms with Gasteiger partial charge in [0.1, 0.15) is 0 Å². The van der Waals surface area contributed by atoms with Gasteiger partial charge >= 0.3 is 0 Å². The smallest absolute Gasteiger partial charge is 0.226 e. The van der Waals surface area contributed by atoms with Gasteiger partial charge in [-0.1, -0.05) is 24.3 Å². The molecule has 1 amide bonds. The van der Waals surface area contributed by atoms with Gasteiger partial charge in [0.15, 0.2) is 0 Å². The summed E-state index contributed by atoms with van der Waals surface area (Å²) in [6.07, 6.45) is 1.43. The number of hydrogen-bond donors (Lipinski definition) is 1. The average molecular weight is 275 g/mol. The highest BCUT2D eigenvalue weighted by molar-refractivity contribution is 5.80. The molecule has 0 spiro atoms. The maximum atomic E-state index is 12.7. The first-order valence-corrected chi connectivity index (χ1v) is 7.29. The Kier molecular flexibility index (Phi) is 3.76. The van der Waals surface area contributed by atoms with E-state index in [-0.39, 0.29) is 30.6 Å². The van der Waals surface area contributed by atoms with Gasteiger partial charge in [-0.2, -0.15) is 0 Å². The van der Waals surface area contributed by atoms with Gasteiger partial charge in [0.05, 0.1) is 18.8 Å². The fraction of sp³-hybridized carbons (Fsp3) is 0.562. The molecule has 1 N–H and O–H groups in total. The first-order valence-electron chi connectivity index (χ1n) is 7.29. The Labute approximate surface area is 119 Å². The van der Waals surface area contributed by atoms with Gasteiger partial charge in [0.25, 0.3) is 0 Å². The predicted octanol–water partition coefficient (Wildman–Crippen LogP) is 1.01. The van der Waals surface area contributed by atoms with E-state index in [0.717, 1.165) is 12.8 Å². The summed E-state index contributed by atoms with van der Waals surface area (Å²) in [4.78, 5) is 14.5. The second-order valence-electron chi connectivity index (χ2n) is 5.87. The molecule has 1 aromatic rings. The molecule has 20 heavy (non-hydrogen) atoms. The molecule has 1 aliphatic heterocycles. The van der Waals surface area contributed by atoms with Crippen LogP contribution in [0.15, 0.2) is 24.3 Å². The summed E-state index contributed by atoms with van der Waals surface area (Å²) >= 11 is 0. The van der Waals surface area contributed by atoms with Gasteiger partial charge in [-0.25, -0.2) is 0 Å². The van der Waals surface area contributed by atoms with Crippen molar-refractivity contribution >= 4 is 5.91 Å². The van der Waals surface area contributed by atoms with Crippen molar-refractivity contribution in [3.05, 3.63) is 35.4 Å². The molecule has 1 fully saturated rings. The number of benzene rings is 1. The SMILES string of the molecule is CC1CN(C(=O)C2Cc3ccccc3C2)CC(CO)O1. The minimum Gasteiger partial charge on any atom is -0.394 e. The highest BCUT2D eigenvalue weighted by Gasteiger charge is 2.34. The number of amides is 1. The van der Waals surface area contributed by atoms with E-state index in [9.17, 15) is 9.90 Å². The van der Waals surface area contributed by atoms with Gasteiger partial charge in [0.2, 0.25) is 5.91 Å². The van der Waals surface area contributed by atoms with Crippen LogP contribution >= 0.6 is 0 Å². The molecule has 2 unspecified atom stereocenters. The third kappa shape index (κ3) is 2.58. The number of aliphatic hydroxyl groups is 1. The standard InChI is InChI=1S/C16H21NO3/c1-11-8-17(9-15(10-18)20-11)16(19)14-6-12-4-2-3-5-13(12)7-14/h2-5,11,14-15,18H,6-10H2,1H3. The van der Waals surface area contributed by atoms with Crippen molar-refractivity contribution in [1.82, 2.24) is 4.90 Å². The zero-order chi connectivity index (χ0) is 14.1. The van der Waals surface area contributed by atoms with Crippen LogP contribution in [0, 0.1) is 5.92 Å². The molecule has 108 valence electrons. The Morgan fingerprint density at radius 1 is 1.30 bits per heavy atom. The highest BCUT2D eigenvalue weighted by Crippen LogP contribution is 2.28. The van der Waals surface area contributed by atoms with Gasteiger partial charge in [-0.3, -0.25) is 4.79 Å². The summed E-state index contributed by atoms with van der Waals surface area (Å²) in [6, 6.07) is 8.29. The number of rotatable bonds is 2. The number of ether oxygens (including phenoxy) is 1. The molecule has 0 saturated carbocycles. The summed E-state index contributed by atoms with van der Waals surface area (Å²) < 4.78 is 5.60. The maximum absolute atomic E-state index is 12.7. The van der Waals surface area contributed by atoms with Crippen LogP contribution in [-0.2, 0) is 22.4 Å². The van der Waals surface area contributed by atoms with E-state index in [1.165, 1.54) is 11.1 Å². The third-order valence-electron chi connectivity index (χ3n) is 4.24. The lowest BCUT2D eigenvalue weighted by Crippen LogP contribution is -2.52.